The van der Waals surface area contributed by atoms with E-state index in [-0.39, 0.29) is 4.75 Å². The van der Waals surface area contributed by atoms with Crippen LogP contribution in [0.25, 0.3) is 10.9 Å². The fourth-order valence-corrected chi connectivity index (χ4v) is 2.41. The van der Waals surface area contributed by atoms with Crippen molar-refractivity contribution in [2.24, 2.45) is 11.4 Å². The predicted molar refractivity (Wildman–Crippen MR) is 80.8 cm³/mol. The van der Waals surface area contributed by atoms with E-state index in [4.69, 9.17) is 0 Å². The van der Waals surface area contributed by atoms with Crippen LogP contribution in [-0.4, -0.2) is 24.8 Å². The Hall–Kier alpha value is -1.33. The highest BCUT2D eigenvalue weighted by Crippen LogP contribution is 2.21. The molecular formula is C14H19N3OS. The molecule has 0 saturated heterocycles. The summed E-state index contributed by atoms with van der Waals surface area (Å²) >= 11 is -1.24. The Morgan fingerprint density at radius 3 is 2.68 bits per heavy atom. The van der Waals surface area contributed by atoms with Crippen molar-refractivity contribution in [3.63, 3.8) is 0 Å². The topological polar surface area (TPSA) is 53.2 Å². The van der Waals surface area contributed by atoms with E-state index in [0.29, 0.717) is 0 Å². The first-order valence-electron chi connectivity index (χ1n) is 6.19. The molecule has 0 aliphatic carbocycles. The minimum Gasteiger partial charge on any atom is -0.591 e. The Morgan fingerprint density at radius 2 is 2.05 bits per heavy atom. The molecule has 0 amide bonds. The first kappa shape index (κ1) is 14.1. The van der Waals surface area contributed by atoms with Crippen LogP contribution < -0.4 is 0 Å². The van der Waals surface area contributed by atoms with Gasteiger partial charge in [-0.1, -0.05) is 16.5 Å². The molecule has 0 aliphatic rings. The van der Waals surface area contributed by atoms with Gasteiger partial charge >= 0.3 is 0 Å². The van der Waals surface area contributed by atoms with E-state index in [1.807, 2.05) is 59.1 Å². The van der Waals surface area contributed by atoms with Crippen LogP contribution in [0.5, 0.6) is 0 Å². The van der Waals surface area contributed by atoms with E-state index in [0.717, 1.165) is 22.2 Å². The molecule has 1 aromatic heterocycles. The number of nitrogens with zero attached hydrogens (tertiary/aromatic N) is 3. The Kier molecular flexibility index (Phi) is 3.69. The maximum atomic E-state index is 12.1. The molecule has 0 radical (unpaired) electrons. The summed E-state index contributed by atoms with van der Waals surface area (Å²) < 4.78 is 17.9. The zero-order chi connectivity index (χ0) is 14.2. The van der Waals surface area contributed by atoms with Crippen molar-refractivity contribution >= 4 is 28.0 Å². The zero-order valence-electron chi connectivity index (χ0n) is 12.0. The van der Waals surface area contributed by atoms with Gasteiger partial charge in [0.05, 0.1) is 11.2 Å². The molecule has 2 aromatic rings. The van der Waals surface area contributed by atoms with Crippen molar-refractivity contribution in [3.8, 4) is 0 Å². The number of aromatic nitrogens is 2. The van der Waals surface area contributed by atoms with Crippen LogP contribution in [0.15, 0.2) is 28.8 Å². The van der Waals surface area contributed by atoms with E-state index in [2.05, 4.69) is 9.50 Å². The minimum atomic E-state index is -1.24. The maximum absolute atomic E-state index is 12.1. The van der Waals surface area contributed by atoms with Gasteiger partial charge in [0, 0.05) is 24.2 Å². The van der Waals surface area contributed by atoms with Crippen LogP contribution in [0.4, 0.5) is 0 Å². The van der Waals surface area contributed by atoms with Gasteiger partial charge < -0.3 is 4.55 Å². The van der Waals surface area contributed by atoms with Gasteiger partial charge in [-0.2, -0.15) is 5.10 Å². The van der Waals surface area contributed by atoms with Crippen molar-refractivity contribution in [2.45, 2.75) is 32.4 Å². The van der Waals surface area contributed by atoms with Crippen LogP contribution in [0.1, 0.15) is 33.3 Å². The third-order valence-electron chi connectivity index (χ3n) is 2.80. The highest BCUT2D eigenvalue weighted by Gasteiger charge is 2.27. The Balaban J connectivity index is 2.47. The van der Waals surface area contributed by atoms with Crippen LogP contribution in [0.3, 0.4) is 0 Å². The third kappa shape index (κ3) is 2.98. The lowest BCUT2D eigenvalue weighted by Crippen LogP contribution is -2.26. The van der Waals surface area contributed by atoms with Gasteiger partial charge in [0.25, 0.3) is 0 Å². The van der Waals surface area contributed by atoms with E-state index in [9.17, 15) is 4.55 Å². The lowest BCUT2D eigenvalue weighted by atomic mass is 10.1. The van der Waals surface area contributed by atoms with Gasteiger partial charge in [-0.05, 0) is 33.8 Å². The number of hydrogen-bond acceptors (Lipinski definition) is 3. The summed E-state index contributed by atoms with van der Waals surface area (Å²) in [7, 11) is 1.89. The molecule has 1 aromatic carbocycles. The predicted octanol–water partition coefficient (Wildman–Crippen LogP) is 2.84. The second-order valence-corrected chi connectivity index (χ2v) is 7.48. The fourth-order valence-electron chi connectivity index (χ4n) is 1.79. The Morgan fingerprint density at radius 1 is 1.37 bits per heavy atom. The largest absolute Gasteiger partial charge is 0.591 e. The highest BCUT2D eigenvalue weighted by atomic mass is 32.2. The monoisotopic (exact) mass is 277 g/mol. The average molecular weight is 277 g/mol. The number of rotatable bonds is 2. The van der Waals surface area contributed by atoms with Crippen molar-refractivity contribution in [3.05, 3.63) is 30.0 Å². The molecule has 1 heterocycles. The second-order valence-electron chi connectivity index (χ2n) is 5.58. The van der Waals surface area contributed by atoms with Crippen LogP contribution >= 0.6 is 0 Å². The molecule has 19 heavy (non-hydrogen) atoms. The quantitative estimate of drug-likeness (QED) is 0.626. The minimum absolute atomic E-state index is 0.343. The second kappa shape index (κ2) is 4.98. The number of aryl methyl sites for hydroxylation is 1. The summed E-state index contributed by atoms with van der Waals surface area (Å²) in [5, 5.41) is 5.41. The average Bonchev–Trinajstić information content (AvgIpc) is 2.67. The molecule has 102 valence electrons. The molecule has 0 fully saturated rings. The van der Waals surface area contributed by atoms with Crippen LogP contribution in [-0.2, 0) is 18.4 Å². The summed E-state index contributed by atoms with van der Waals surface area (Å²) in [6.45, 7) is 7.66. The molecule has 1 unspecified atom stereocenters. The van der Waals surface area contributed by atoms with E-state index >= 15 is 0 Å². The zero-order valence-corrected chi connectivity index (χ0v) is 12.8. The third-order valence-corrected chi connectivity index (χ3v) is 4.29. The molecule has 0 N–H and O–H groups in total. The van der Waals surface area contributed by atoms with E-state index in [1.54, 1.807) is 4.68 Å². The lowest BCUT2D eigenvalue weighted by molar-refractivity contribution is 0.561. The normalized spacial score (nSPS) is 14.9. The van der Waals surface area contributed by atoms with Gasteiger partial charge in [-0.3, -0.25) is 4.68 Å². The summed E-state index contributed by atoms with van der Waals surface area (Å²) in [4.78, 5) is 0. The lowest BCUT2D eigenvalue weighted by Gasteiger charge is -2.18. The molecule has 2 rings (SSSR count). The number of benzene rings is 1. The molecule has 0 spiro atoms. The fraction of sp³-hybridized carbons (Fsp3) is 0.429. The van der Waals surface area contributed by atoms with Crippen molar-refractivity contribution in [1.82, 2.24) is 9.78 Å². The molecule has 5 heteroatoms. The summed E-state index contributed by atoms with van der Waals surface area (Å²) in [5.74, 6) is 0. The molecule has 1 atom stereocenters. The van der Waals surface area contributed by atoms with Crippen molar-refractivity contribution < 1.29 is 4.55 Å². The first-order valence-corrected chi connectivity index (χ1v) is 7.30. The number of fused-ring (bicyclic) bond motifs is 1. The van der Waals surface area contributed by atoms with Crippen LogP contribution in [0.2, 0.25) is 0 Å². The SMILES string of the molecule is CC(=N[S+]([O-])C(C)(C)C)c1cccc2nn(C)cc12. The van der Waals surface area contributed by atoms with E-state index in [1.165, 1.54) is 0 Å². The van der Waals surface area contributed by atoms with Crippen LogP contribution in [0, 0.1) is 0 Å². The Labute approximate surface area is 116 Å². The first-order chi connectivity index (χ1) is 8.79. The van der Waals surface area contributed by atoms with E-state index < -0.39 is 11.4 Å². The van der Waals surface area contributed by atoms with Gasteiger partial charge in [0.15, 0.2) is 0 Å². The van der Waals surface area contributed by atoms with Gasteiger partial charge in [0.1, 0.15) is 16.1 Å². The standard InChI is InChI=1S/C14H19N3OS/c1-10(16-19(18)14(2,3)4)11-7-6-8-13-12(11)9-17(5)15-13/h6-9H,1-5H3. The summed E-state index contributed by atoms with van der Waals surface area (Å²) in [6.07, 6.45) is 1.96. The smallest absolute Gasteiger partial charge is 0.144 e. The molecular weight excluding hydrogens is 258 g/mol. The van der Waals surface area contributed by atoms with Crippen molar-refractivity contribution in [2.75, 3.05) is 0 Å². The van der Waals surface area contributed by atoms with Gasteiger partial charge in [0.2, 0.25) is 0 Å². The molecule has 0 bridgehead atoms. The molecule has 0 aliphatic heterocycles. The summed E-state index contributed by atoms with van der Waals surface area (Å²) in [6, 6.07) is 5.90. The van der Waals surface area contributed by atoms with Gasteiger partial charge in [-0.15, -0.1) is 0 Å². The molecule has 4 nitrogen and oxygen atoms in total. The highest BCUT2D eigenvalue weighted by molar-refractivity contribution is 7.91. The van der Waals surface area contributed by atoms with Gasteiger partial charge in [-0.25, -0.2) is 0 Å². The number of hydrogen-bond donors (Lipinski definition) is 0. The maximum Gasteiger partial charge on any atom is 0.144 e. The summed E-state index contributed by atoms with van der Waals surface area (Å²) in [5.41, 5.74) is 2.70. The van der Waals surface area contributed by atoms with Crippen molar-refractivity contribution in [1.29, 1.82) is 0 Å². The Bertz CT molecular complexity index is 625. The molecule has 0 saturated carbocycles.